The molecule has 1 aliphatic carbocycles. The molecule has 1 aromatic carbocycles. The summed E-state index contributed by atoms with van der Waals surface area (Å²) >= 11 is 0. The first-order chi connectivity index (χ1) is 11.5. The maximum Gasteiger partial charge on any atom is 0.123 e. The largest absolute Gasteiger partial charge is 0.496 e. The van der Waals surface area contributed by atoms with Crippen LogP contribution in [0.1, 0.15) is 75.5 Å². The number of rotatable bonds is 7. The van der Waals surface area contributed by atoms with Crippen molar-refractivity contribution >= 4 is 0 Å². The molecule has 0 fully saturated rings. The van der Waals surface area contributed by atoms with Gasteiger partial charge in [0.05, 0.1) is 7.11 Å². The standard InChI is InChI=1S/C23H34O/c1-7-8-9-10-19-14-18(5)23(22(15-19)24-6)21-13-17(4)11-12-20(21)16(2)3/h13-15,20-21H,2,7-12H2,1,3-6H3. The van der Waals surface area contributed by atoms with E-state index in [-0.39, 0.29) is 0 Å². The molecular formula is C23H34O. The molecule has 132 valence electrons. The minimum atomic E-state index is 0.399. The first-order valence-corrected chi connectivity index (χ1v) is 9.48. The van der Waals surface area contributed by atoms with Crippen LogP contribution >= 0.6 is 0 Å². The first kappa shape index (κ1) is 18.8. The molecular weight excluding hydrogens is 292 g/mol. The predicted molar refractivity (Wildman–Crippen MR) is 105 cm³/mol. The van der Waals surface area contributed by atoms with E-state index < -0.39 is 0 Å². The van der Waals surface area contributed by atoms with E-state index in [9.17, 15) is 0 Å². The van der Waals surface area contributed by atoms with E-state index in [0.29, 0.717) is 11.8 Å². The van der Waals surface area contributed by atoms with Crippen molar-refractivity contribution in [2.45, 2.75) is 72.1 Å². The van der Waals surface area contributed by atoms with Gasteiger partial charge in [0.1, 0.15) is 5.75 Å². The summed E-state index contributed by atoms with van der Waals surface area (Å²) in [6.07, 6.45) is 9.80. The normalized spacial score (nSPS) is 20.6. The van der Waals surface area contributed by atoms with Crippen LogP contribution in [0.3, 0.4) is 0 Å². The third-order valence-electron chi connectivity index (χ3n) is 5.41. The van der Waals surface area contributed by atoms with Gasteiger partial charge in [0.25, 0.3) is 0 Å². The fourth-order valence-electron chi connectivity index (χ4n) is 4.06. The van der Waals surface area contributed by atoms with Crippen molar-refractivity contribution in [3.63, 3.8) is 0 Å². The summed E-state index contributed by atoms with van der Waals surface area (Å²) in [5.74, 6) is 1.98. The Bertz CT molecular complexity index is 609. The van der Waals surface area contributed by atoms with Gasteiger partial charge >= 0.3 is 0 Å². The lowest BCUT2D eigenvalue weighted by molar-refractivity contribution is 0.395. The molecule has 0 spiro atoms. The third-order valence-corrected chi connectivity index (χ3v) is 5.41. The molecule has 1 nitrogen and oxygen atoms in total. The Kier molecular flexibility index (Phi) is 6.71. The molecule has 0 aliphatic heterocycles. The van der Waals surface area contributed by atoms with Crippen molar-refractivity contribution in [2.75, 3.05) is 7.11 Å². The quantitative estimate of drug-likeness (QED) is 0.397. The fourth-order valence-corrected chi connectivity index (χ4v) is 4.06. The smallest absolute Gasteiger partial charge is 0.123 e. The molecule has 0 aromatic heterocycles. The minimum absolute atomic E-state index is 0.399. The molecule has 0 saturated heterocycles. The number of methoxy groups -OCH3 is 1. The van der Waals surface area contributed by atoms with Gasteiger partial charge in [0.2, 0.25) is 0 Å². The highest BCUT2D eigenvalue weighted by Crippen LogP contribution is 2.44. The predicted octanol–water partition coefficient (Wildman–Crippen LogP) is 6.75. The van der Waals surface area contributed by atoms with E-state index in [1.165, 1.54) is 59.9 Å². The molecule has 2 atom stereocenters. The Hall–Kier alpha value is -1.50. The van der Waals surface area contributed by atoms with Crippen molar-refractivity contribution < 1.29 is 4.74 Å². The monoisotopic (exact) mass is 326 g/mol. The van der Waals surface area contributed by atoms with Crippen LogP contribution in [0.15, 0.2) is 35.9 Å². The molecule has 0 N–H and O–H groups in total. The average molecular weight is 327 g/mol. The number of hydrogen-bond donors (Lipinski definition) is 0. The Labute approximate surface area is 148 Å². The van der Waals surface area contributed by atoms with Crippen molar-refractivity contribution in [3.05, 3.63) is 52.6 Å². The van der Waals surface area contributed by atoms with Gasteiger partial charge in [-0.2, -0.15) is 0 Å². The SMILES string of the molecule is C=C(C)C1CCC(C)=CC1c1c(C)cc(CCCCC)cc1OC. The van der Waals surface area contributed by atoms with Gasteiger partial charge in [-0.1, -0.05) is 49.6 Å². The molecule has 2 unspecified atom stereocenters. The van der Waals surface area contributed by atoms with Crippen LogP contribution in [0.2, 0.25) is 0 Å². The Balaban J connectivity index is 2.40. The van der Waals surface area contributed by atoms with Crippen molar-refractivity contribution in [1.82, 2.24) is 0 Å². The first-order valence-electron chi connectivity index (χ1n) is 9.48. The van der Waals surface area contributed by atoms with Crippen LogP contribution < -0.4 is 4.74 Å². The van der Waals surface area contributed by atoms with Crippen LogP contribution in [0.4, 0.5) is 0 Å². The van der Waals surface area contributed by atoms with E-state index in [2.05, 4.69) is 52.5 Å². The summed E-state index contributed by atoms with van der Waals surface area (Å²) in [4.78, 5) is 0. The molecule has 1 aliphatic rings. The van der Waals surface area contributed by atoms with Crippen molar-refractivity contribution in [1.29, 1.82) is 0 Å². The number of aryl methyl sites for hydroxylation is 2. The van der Waals surface area contributed by atoms with E-state index in [4.69, 9.17) is 4.74 Å². The van der Waals surface area contributed by atoms with Gasteiger partial charge in [-0.05, 0) is 69.6 Å². The minimum Gasteiger partial charge on any atom is -0.496 e. The van der Waals surface area contributed by atoms with E-state index in [0.717, 1.165) is 12.2 Å². The van der Waals surface area contributed by atoms with Crippen LogP contribution in [-0.4, -0.2) is 7.11 Å². The molecule has 0 bridgehead atoms. The van der Waals surface area contributed by atoms with E-state index >= 15 is 0 Å². The zero-order valence-corrected chi connectivity index (χ0v) is 16.2. The zero-order valence-electron chi connectivity index (χ0n) is 16.2. The highest BCUT2D eigenvalue weighted by Gasteiger charge is 2.29. The summed E-state index contributed by atoms with van der Waals surface area (Å²) in [5.41, 5.74) is 6.92. The molecule has 0 amide bonds. The van der Waals surface area contributed by atoms with E-state index in [1.54, 1.807) is 0 Å². The second-order valence-corrected chi connectivity index (χ2v) is 7.52. The number of benzene rings is 1. The van der Waals surface area contributed by atoms with Gasteiger partial charge in [0.15, 0.2) is 0 Å². The lowest BCUT2D eigenvalue weighted by Crippen LogP contribution is -2.18. The number of hydrogen-bond acceptors (Lipinski definition) is 1. The van der Waals surface area contributed by atoms with Crippen LogP contribution in [-0.2, 0) is 6.42 Å². The van der Waals surface area contributed by atoms with Crippen molar-refractivity contribution in [3.8, 4) is 5.75 Å². The molecule has 0 heterocycles. The van der Waals surface area contributed by atoms with Gasteiger partial charge in [-0.25, -0.2) is 0 Å². The molecule has 1 heteroatoms. The van der Waals surface area contributed by atoms with Crippen LogP contribution in [0.25, 0.3) is 0 Å². The van der Waals surface area contributed by atoms with Crippen LogP contribution in [0.5, 0.6) is 5.75 Å². The maximum absolute atomic E-state index is 5.83. The number of unbranched alkanes of at least 4 members (excludes halogenated alkanes) is 2. The van der Waals surface area contributed by atoms with Gasteiger partial charge in [-0.15, -0.1) is 0 Å². The van der Waals surface area contributed by atoms with E-state index in [1.807, 2.05) is 7.11 Å². The summed E-state index contributed by atoms with van der Waals surface area (Å²) in [6.45, 7) is 13.2. The highest BCUT2D eigenvalue weighted by molar-refractivity contribution is 5.49. The summed E-state index contributed by atoms with van der Waals surface area (Å²) in [7, 11) is 1.81. The molecule has 0 saturated carbocycles. The van der Waals surface area contributed by atoms with Gasteiger partial charge in [-0.3, -0.25) is 0 Å². The lowest BCUT2D eigenvalue weighted by Gasteiger charge is -2.32. The van der Waals surface area contributed by atoms with Gasteiger partial charge < -0.3 is 4.74 Å². The number of ether oxygens (including phenoxy) is 1. The van der Waals surface area contributed by atoms with Crippen molar-refractivity contribution in [2.24, 2.45) is 5.92 Å². The average Bonchev–Trinajstić information content (AvgIpc) is 2.54. The molecule has 2 rings (SSSR count). The highest BCUT2D eigenvalue weighted by atomic mass is 16.5. The molecule has 1 aromatic rings. The Morgan fingerprint density at radius 2 is 2.00 bits per heavy atom. The van der Waals surface area contributed by atoms with Crippen LogP contribution in [0, 0.1) is 12.8 Å². The Morgan fingerprint density at radius 3 is 2.62 bits per heavy atom. The molecule has 24 heavy (non-hydrogen) atoms. The lowest BCUT2D eigenvalue weighted by atomic mass is 9.73. The van der Waals surface area contributed by atoms with Gasteiger partial charge in [0, 0.05) is 11.5 Å². The topological polar surface area (TPSA) is 9.23 Å². The summed E-state index contributed by atoms with van der Waals surface area (Å²) in [6, 6.07) is 4.64. The summed E-state index contributed by atoms with van der Waals surface area (Å²) < 4.78 is 5.83. The second-order valence-electron chi connectivity index (χ2n) is 7.52. The fraction of sp³-hybridized carbons (Fsp3) is 0.565. The zero-order chi connectivity index (χ0) is 17.7. The number of allylic oxidation sites excluding steroid dienone is 3. The molecule has 0 radical (unpaired) electrons. The third kappa shape index (κ3) is 4.32. The second kappa shape index (κ2) is 8.55. The summed E-state index contributed by atoms with van der Waals surface area (Å²) in [5, 5.41) is 0. The Morgan fingerprint density at radius 1 is 1.25 bits per heavy atom. The maximum atomic E-state index is 5.83.